The van der Waals surface area contributed by atoms with Gasteiger partial charge in [0.1, 0.15) is 16.9 Å². The van der Waals surface area contributed by atoms with Crippen molar-refractivity contribution >= 4 is 21.7 Å². The van der Waals surface area contributed by atoms with Gasteiger partial charge in [-0.2, -0.15) is 0 Å². The molecule has 4 aromatic rings. The van der Waals surface area contributed by atoms with E-state index in [2.05, 4.69) is 89.6 Å². The molecule has 30 heavy (non-hydrogen) atoms. The summed E-state index contributed by atoms with van der Waals surface area (Å²) in [6.45, 7) is 13.5. The second-order valence-corrected chi connectivity index (χ2v) is 9.87. The molecule has 0 amide bonds. The molecule has 0 N–H and O–H groups in total. The third kappa shape index (κ3) is 2.57. The number of aryl methyl sites for hydroxylation is 2. The van der Waals surface area contributed by atoms with Gasteiger partial charge in [-0.3, -0.25) is 0 Å². The smallest absolute Gasteiger partial charge is 0.287 e. The molecule has 152 valence electrons. The highest BCUT2D eigenvalue weighted by atomic mass is 16.5. The molecule has 0 fully saturated rings. The fraction of sp³-hybridized carbons (Fsp3) is 0.333. The van der Waals surface area contributed by atoms with Crippen molar-refractivity contribution in [3.05, 3.63) is 59.4 Å². The molecule has 0 radical (unpaired) electrons. The van der Waals surface area contributed by atoms with Crippen LogP contribution >= 0.6 is 0 Å². The first-order valence-corrected chi connectivity index (χ1v) is 10.7. The first-order valence-electron chi connectivity index (χ1n) is 10.7. The molecule has 0 aliphatic carbocycles. The Hall–Kier alpha value is -2.94. The molecule has 3 aromatic carbocycles. The van der Waals surface area contributed by atoms with Crippen molar-refractivity contribution in [2.75, 3.05) is 0 Å². The third-order valence-electron chi connectivity index (χ3n) is 6.36. The number of hydrogen-bond donors (Lipinski definition) is 0. The molecular weight excluding hydrogens is 368 g/mol. The van der Waals surface area contributed by atoms with E-state index in [9.17, 15) is 0 Å². The Bertz CT molecular complexity index is 1340. The molecule has 2 heterocycles. The number of aromatic nitrogens is 2. The van der Waals surface area contributed by atoms with E-state index in [1.54, 1.807) is 0 Å². The summed E-state index contributed by atoms with van der Waals surface area (Å²) in [7, 11) is 2.09. The SMILES string of the molecule is Cc1c2c(c(C(C)(C)C)c3ccccc13)Oc1cc(C(C)C)cc3nc[n+](C)c-2c13. The molecule has 0 unspecified atom stereocenters. The maximum absolute atomic E-state index is 6.79. The Kier molecular flexibility index (Phi) is 3.99. The Balaban J connectivity index is 2.02. The summed E-state index contributed by atoms with van der Waals surface area (Å²) in [4.78, 5) is 4.75. The largest absolute Gasteiger partial charge is 0.455 e. The van der Waals surface area contributed by atoms with Gasteiger partial charge in [0.05, 0.1) is 12.6 Å². The summed E-state index contributed by atoms with van der Waals surface area (Å²) in [5.74, 6) is 2.33. The van der Waals surface area contributed by atoms with Crippen LogP contribution in [0, 0.1) is 6.92 Å². The van der Waals surface area contributed by atoms with E-state index in [0.717, 1.165) is 22.4 Å². The van der Waals surface area contributed by atoms with E-state index in [1.165, 1.54) is 38.7 Å². The van der Waals surface area contributed by atoms with E-state index in [0.29, 0.717) is 5.92 Å². The maximum atomic E-state index is 6.79. The van der Waals surface area contributed by atoms with Crippen molar-refractivity contribution in [3.8, 4) is 22.8 Å². The molecule has 3 nitrogen and oxygen atoms in total. The van der Waals surface area contributed by atoms with E-state index in [1.807, 2.05) is 6.33 Å². The number of benzene rings is 3. The third-order valence-corrected chi connectivity index (χ3v) is 6.36. The van der Waals surface area contributed by atoms with Crippen LogP contribution < -0.4 is 9.30 Å². The van der Waals surface area contributed by atoms with Crippen LogP contribution in [0.3, 0.4) is 0 Å². The van der Waals surface area contributed by atoms with Crippen molar-refractivity contribution in [3.63, 3.8) is 0 Å². The summed E-state index contributed by atoms with van der Waals surface area (Å²) in [5, 5.41) is 3.67. The number of nitrogens with zero attached hydrogens (tertiary/aromatic N) is 2. The zero-order chi connectivity index (χ0) is 21.4. The normalized spacial score (nSPS) is 13.1. The van der Waals surface area contributed by atoms with Gasteiger partial charge in [-0.15, -0.1) is 0 Å². The van der Waals surface area contributed by atoms with Crippen molar-refractivity contribution in [2.45, 2.75) is 52.9 Å². The Morgan fingerprint density at radius 1 is 1.03 bits per heavy atom. The first kappa shape index (κ1) is 19.0. The molecule has 0 saturated heterocycles. The number of hydrogen-bond acceptors (Lipinski definition) is 2. The minimum absolute atomic E-state index is 0.0603. The topological polar surface area (TPSA) is 26.0 Å². The number of ether oxygens (including phenoxy) is 1. The van der Waals surface area contributed by atoms with Gasteiger partial charge in [-0.1, -0.05) is 58.9 Å². The van der Waals surface area contributed by atoms with Crippen LogP contribution in [0.2, 0.25) is 0 Å². The van der Waals surface area contributed by atoms with Gasteiger partial charge in [0.2, 0.25) is 0 Å². The van der Waals surface area contributed by atoms with Gasteiger partial charge in [-0.25, -0.2) is 4.57 Å². The average molecular weight is 398 g/mol. The van der Waals surface area contributed by atoms with E-state index < -0.39 is 0 Å². The van der Waals surface area contributed by atoms with Gasteiger partial charge in [0.25, 0.3) is 6.33 Å². The fourth-order valence-corrected chi connectivity index (χ4v) is 4.88. The summed E-state index contributed by atoms with van der Waals surface area (Å²) in [6.07, 6.45) is 1.94. The summed E-state index contributed by atoms with van der Waals surface area (Å²) >= 11 is 0. The predicted octanol–water partition coefficient (Wildman–Crippen LogP) is 6.71. The molecule has 0 spiro atoms. The Morgan fingerprint density at radius 3 is 2.40 bits per heavy atom. The molecule has 1 aromatic heterocycles. The van der Waals surface area contributed by atoms with Crippen LogP contribution in [0.4, 0.5) is 0 Å². The van der Waals surface area contributed by atoms with Crippen molar-refractivity contribution in [1.82, 2.24) is 4.98 Å². The summed E-state index contributed by atoms with van der Waals surface area (Å²) in [5.41, 5.74) is 7.11. The van der Waals surface area contributed by atoms with Gasteiger partial charge in [-0.05, 0) is 57.3 Å². The van der Waals surface area contributed by atoms with Crippen molar-refractivity contribution < 1.29 is 9.30 Å². The molecule has 1 aliphatic heterocycles. The van der Waals surface area contributed by atoms with Gasteiger partial charge < -0.3 is 4.74 Å². The standard InChI is InChI=1S/C27H29N2O/c1-15(2)17-12-20-23-21(13-17)30-26-22(25(23)29(7)14-28-20)16(3)18-10-8-9-11-19(18)24(26)27(4,5)6/h8-15H,1-7H3/q+1. The van der Waals surface area contributed by atoms with Gasteiger partial charge in [0, 0.05) is 5.56 Å². The predicted molar refractivity (Wildman–Crippen MR) is 123 cm³/mol. The quantitative estimate of drug-likeness (QED) is 0.294. The van der Waals surface area contributed by atoms with Gasteiger partial charge >= 0.3 is 0 Å². The fourth-order valence-electron chi connectivity index (χ4n) is 4.88. The second kappa shape index (κ2) is 6.28. The minimum Gasteiger partial charge on any atom is -0.455 e. The molecule has 5 rings (SSSR count). The molecule has 0 atom stereocenters. The molecular formula is C27H29N2O+. The van der Waals surface area contributed by atoms with Crippen LogP contribution in [0.1, 0.15) is 57.2 Å². The number of rotatable bonds is 1. The Labute approximate surface area is 178 Å². The van der Waals surface area contributed by atoms with Crippen LogP contribution in [0.25, 0.3) is 32.9 Å². The maximum Gasteiger partial charge on any atom is 0.287 e. The van der Waals surface area contributed by atoms with E-state index in [4.69, 9.17) is 9.72 Å². The van der Waals surface area contributed by atoms with Gasteiger partial charge in [0.15, 0.2) is 11.2 Å². The van der Waals surface area contributed by atoms with Crippen LogP contribution in [-0.4, -0.2) is 4.98 Å². The average Bonchev–Trinajstić information content (AvgIpc) is 2.68. The highest BCUT2D eigenvalue weighted by molar-refractivity contribution is 6.06. The summed E-state index contributed by atoms with van der Waals surface area (Å²) < 4.78 is 8.94. The zero-order valence-corrected chi connectivity index (χ0v) is 18.9. The lowest BCUT2D eigenvalue weighted by atomic mass is 9.78. The number of fused-ring (bicyclic) bond motifs is 3. The molecule has 1 aliphatic rings. The van der Waals surface area contributed by atoms with Crippen LogP contribution in [0.15, 0.2) is 42.7 Å². The zero-order valence-electron chi connectivity index (χ0n) is 18.9. The van der Waals surface area contributed by atoms with Crippen LogP contribution in [-0.2, 0) is 12.5 Å². The molecule has 3 heteroatoms. The van der Waals surface area contributed by atoms with E-state index >= 15 is 0 Å². The van der Waals surface area contributed by atoms with Crippen molar-refractivity contribution in [1.29, 1.82) is 0 Å². The first-order chi connectivity index (χ1) is 14.2. The lowest BCUT2D eigenvalue weighted by molar-refractivity contribution is -0.662. The van der Waals surface area contributed by atoms with Crippen LogP contribution in [0.5, 0.6) is 11.5 Å². The summed E-state index contributed by atoms with van der Waals surface area (Å²) in [6, 6.07) is 13.1. The highest BCUT2D eigenvalue weighted by Gasteiger charge is 2.35. The monoisotopic (exact) mass is 397 g/mol. The Morgan fingerprint density at radius 2 is 1.73 bits per heavy atom. The molecule has 0 bridgehead atoms. The minimum atomic E-state index is -0.0603. The van der Waals surface area contributed by atoms with Crippen molar-refractivity contribution in [2.24, 2.45) is 7.05 Å². The second-order valence-electron chi connectivity index (χ2n) is 9.87. The lowest BCUT2D eigenvalue weighted by Crippen LogP contribution is -2.33. The highest BCUT2D eigenvalue weighted by Crippen LogP contribution is 2.53. The molecule has 0 saturated carbocycles. The van der Waals surface area contributed by atoms with E-state index in [-0.39, 0.29) is 5.41 Å². The lowest BCUT2D eigenvalue weighted by Gasteiger charge is -2.31.